The van der Waals surface area contributed by atoms with E-state index in [1.807, 2.05) is 0 Å². The van der Waals surface area contributed by atoms with Crippen molar-refractivity contribution in [2.24, 2.45) is 0 Å². The van der Waals surface area contributed by atoms with E-state index in [1.165, 1.54) is 104 Å². The molecule has 8 rings (SSSR count). The standard InChI is InChI=1S/C48H39/c1-3-7-35(8-4-1)37-11-15-39(16-12-37)41-19-23-43(24-20-41)45-27-31-47(32-28-45)48-33-29-46(30-34-48)44-25-21-42(22-26-44)40-17-13-38(14-18-40)36-9-5-2-6-10-36/h1,3-4,7-8,11-34H,2,5-6,9-10H2. The molecule has 0 spiro atoms. The van der Waals surface area contributed by atoms with Crippen LogP contribution in [0.5, 0.6) is 0 Å². The van der Waals surface area contributed by atoms with Gasteiger partial charge in [-0.1, -0.05) is 195 Å². The van der Waals surface area contributed by atoms with Crippen LogP contribution in [0.25, 0.3) is 66.8 Å². The van der Waals surface area contributed by atoms with Gasteiger partial charge in [0.15, 0.2) is 0 Å². The predicted molar refractivity (Wildman–Crippen MR) is 204 cm³/mol. The summed E-state index contributed by atoms with van der Waals surface area (Å²) in [7, 11) is 0. The van der Waals surface area contributed by atoms with Gasteiger partial charge in [0.2, 0.25) is 0 Å². The first-order chi connectivity index (χ1) is 23.8. The zero-order chi connectivity index (χ0) is 32.1. The zero-order valence-corrected chi connectivity index (χ0v) is 27.3. The van der Waals surface area contributed by atoms with Crippen LogP contribution >= 0.6 is 0 Å². The minimum atomic E-state index is 1.23. The van der Waals surface area contributed by atoms with Crippen LogP contribution in [-0.4, -0.2) is 0 Å². The molecule has 1 fully saturated rings. The topological polar surface area (TPSA) is 0 Å². The molecule has 0 saturated heterocycles. The Labute approximate surface area is 285 Å². The summed E-state index contributed by atoms with van der Waals surface area (Å²) in [4.78, 5) is 0. The molecular formula is C48H39. The van der Waals surface area contributed by atoms with E-state index in [-0.39, 0.29) is 0 Å². The fourth-order valence-electron chi connectivity index (χ4n) is 7.07. The molecule has 0 aliphatic heterocycles. The average Bonchev–Trinajstić information content (AvgIpc) is 3.19. The summed E-state index contributed by atoms with van der Waals surface area (Å²) in [6.45, 7) is 0. The van der Waals surface area contributed by atoms with E-state index < -0.39 is 0 Å². The molecule has 231 valence electrons. The van der Waals surface area contributed by atoms with Crippen molar-refractivity contribution in [1.82, 2.24) is 0 Å². The first-order valence-electron chi connectivity index (χ1n) is 17.3. The Morgan fingerprint density at radius 3 is 0.646 bits per heavy atom. The average molecular weight is 616 g/mol. The van der Waals surface area contributed by atoms with Crippen LogP contribution in [0.3, 0.4) is 0 Å². The summed E-state index contributed by atoms with van der Waals surface area (Å²) in [6, 6.07) is 64.3. The molecule has 0 heteroatoms. The maximum Gasteiger partial charge on any atom is 0.00498 e. The molecule has 0 atom stereocenters. The van der Waals surface area contributed by atoms with Gasteiger partial charge in [-0.25, -0.2) is 0 Å². The van der Waals surface area contributed by atoms with E-state index in [1.54, 1.807) is 5.92 Å². The Morgan fingerprint density at radius 2 is 0.396 bits per heavy atom. The van der Waals surface area contributed by atoms with Crippen LogP contribution in [0, 0.1) is 5.92 Å². The first kappa shape index (κ1) is 29.9. The van der Waals surface area contributed by atoms with Gasteiger partial charge in [-0.3, -0.25) is 0 Å². The second kappa shape index (κ2) is 13.7. The monoisotopic (exact) mass is 615 g/mol. The van der Waals surface area contributed by atoms with Gasteiger partial charge >= 0.3 is 0 Å². The lowest BCUT2D eigenvalue weighted by Gasteiger charge is -2.21. The molecule has 1 saturated carbocycles. The largest absolute Gasteiger partial charge is 0.0622 e. The van der Waals surface area contributed by atoms with Gasteiger partial charge < -0.3 is 0 Å². The summed E-state index contributed by atoms with van der Waals surface area (Å²) in [5.41, 5.74) is 16.3. The van der Waals surface area contributed by atoms with E-state index in [4.69, 9.17) is 0 Å². The number of benzene rings is 7. The third-order valence-corrected chi connectivity index (χ3v) is 9.95. The second-order valence-corrected chi connectivity index (χ2v) is 13.0. The van der Waals surface area contributed by atoms with Crippen molar-refractivity contribution in [3.63, 3.8) is 0 Å². The van der Waals surface area contributed by atoms with Crippen molar-refractivity contribution in [2.45, 2.75) is 32.1 Å². The second-order valence-electron chi connectivity index (χ2n) is 13.0. The van der Waals surface area contributed by atoms with Crippen LogP contribution < -0.4 is 0 Å². The zero-order valence-electron chi connectivity index (χ0n) is 27.3. The van der Waals surface area contributed by atoms with Crippen molar-refractivity contribution in [3.8, 4) is 66.8 Å². The molecular weight excluding hydrogens is 577 g/mol. The Balaban J connectivity index is 0.911. The Morgan fingerprint density at radius 1 is 0.188 bits per heavy atom. The van der Waals surface area contributed by atoms with E-state index in [9.17, 15) is 0 Å². The number of hydrogen-bond donors (Lipinski definition) is 0. The van der Waals surface area contributed by atoms with Crippen LogP contribution in [0.2, 0.25) is 0 Å². The van der Waals surface area contributed by atoms with Gasteiger partial charge in [0.05, 0.1) is 0 Å². The fraction of sp³-hybridized carbons (Fsp3) is 0.104. The Kier molecular flexibility index (Phi) is 8.55. The number of rotatable bonds is 7. The molecule has 0 amide bonds. The van der Waals surface area contributed by atoms with Crippen LogP contribution in [0.1, 0.15) is 37.7 Å². The molecule has 0 aromatic heterocycles. The lowest BCUT2D eigenvalue weighted by molar-refractivity contribution is 0.551. The fourth-order valence-corrected chi connectivity index (χ4v) is 7.07. The molecule has 0 N–H and O–H groups in total. The number of hydrogen-bond acceptors (Lipinski definition) is 0. The van der Waals surface area contributed by atoms with Gasteiger partial charge in [-0.15, -0.1) is 0 Å². The molecule has 0 heterocycles. The van der Waals surface area contributed by atoms with Crippen molar-refractivity contribution in [3.05, 3.63) is 187 Å². The summed E-state index contributed by atoms with van der Waals surface area (Å²) >= 11 is 0. The van der Waals surface area contributed by atoms with Gasteiger partial charge in [0.25, 0.3) is 0 Å². The Hall–Kier alpha value is -5.46. The molecule has 0 nitrogen and oxygen atoms in total. The normalized spacial score (nSPS) is 13.3. The maximum absolute atomic E-state index is 2.32. The summed E-state index contributed by atoms with van der Waals surface area (Å²) in [5, 5.41) is 0. The smallest absolute Gasteiger partial charge is 0.00498 e. The van der Waals surface area contributed by atoms with E-state index in [0.717, 1.165) is 0 Å². The molecule has 0 bridgehead atoms. The van der Waals surface area contributed by atoms with Gasteiger partial charge in [0.1, 0.15) is 0 Å². The van der Waals surface area contributed by atoms with Crippen molar-refractivity contribution in [1.29, 1.82) is 0 Å². The Bertz CT molecular complexity index is 2060. The van der Waals surface area contributed by atoms with Crippen molar-refractivity contribution in [2.75, 3.05) is 0 Å². The highest BCUT2D eigenvalue weighted by Gasteiger charge is 2.16. The summed E-state index contributed by atoms with van der Waals surface area (Å²) in [6.07, 6.45) is 6.59. The third-order valence-electron chi connectivity index (χ3n) is 9.95. The van der Waals surface area contributed by atoms with E-state index >= 15 is 0 Å². The predicted octanol–water partition coefficient (Wildman–Crippen LogP) is 13.6. The first-order valence-corrected chi connectivity index (χ1v) is 17.3. The van der Waals surface area contributed by atoms with Crippen LogP contribution in [0.4, 0.5) is 0 Å². The van der Waals surface area contributed by atoms with Gasteiger partial charge in [-0.2, -0.15) is 0 Å². The molecule has 48 heavy (non-hydrogen) atoms. The van der Waals surface area contributed by atoms with E-state index in [2.05, 4.69) is 176 Å². The lowest BCUT2D eigenvalue weighted by Crippen LogP contribution is -2.05. The molecule has 7 aromatic carbocycles. The molecule has 7 aromatic rings. The van der Waals surface area contributed by atoms with Crippen molar-refractivity contribution >= 4 is 0 Å². The highest BCUT2D eigenvalue weighted by Crippen LogP contribution is 2.34. The molecule has 1 aliphatic rings. The van der Waals surface area contributed by atoms with Crippen molar-refractivity contribution < 1.29 is 0 Å². The summed E-state index contributed by atoms with van der Waals surface area (Å²) < 4.78 is 0. The van der Waals surface area contributed by atoms with Gasteiger partial charge in [0, 0.05) is 5.92 Å². The quantitative estimate of drug-likeness (QED) is 0.167. The SMILES string of the molecule is c1ccc(-c2ccc(-c3ccc(-c4ccc(-c5ccc(-c6ccc(-c7ccc([C]8CCCCC8)cc7)cc6)cc5)cc4)cc3)cc2)cc1. The lowest BCUT2D eigenvalue weighted by atomic mass is 9.83. The van der Waals surface area contributed by atoms with Gasteiger partial charge in [-0.05, 0) is 85.2 Å². The molecule has 1 aliphatic carbocycles. The highest BCUT2D eigenvalue weighted by molar-refractivity contribution is 5.77. The third kappa shape index (κ3) is 6.53. The molecule has 1 radical (unpaired) electrons. The maximum atomic E-state index is 2.32. The highest BCUT2D eigenvalue weighted by atomic mass is 14.2. The van der Waals surface area contributed by atoms with E-state index in [0.29, 0.717) is 0 Å². The van der Waals surface area contributed by atoms with Crippen LogP contribution in [-0.2, 0) is 0 Å². The minimum absolute atomic E-state index is 1.23. The minimum Gasteiger partial charge on any atom is -0.0622 e. The molecule has 0 unspecified atom stereocenters. The van der Waals surface area contributed by atoms with Crippen LogP contribution in [0.15, 0.2) is 176 Å². The summed E-state index contributed by atoms with van der Waals surface area (Å²) in [5.74, 6) is 1.63.